The summed E-state index contributed by atoms with van der Waals surface area (Å²) >= 11 is 0. The zero-order valence-electron chi connectivity index (χ0n) is 11.9. The lowest BCUT2D eigenvalue weighted by Crippen LogP contribution is -2.12. The van der Waals surface area contributed by atoms with Gasteiger partial charge in [-0.1, -0.05) is 6.07 Å². The van der Waals surface area contributed by atoms with Crippen molar-refractivity contribution in [2.45, 2.75) is 19.3 Å². The first-order chi connectivity index (χ1) is 11.1. The summed E-state index contributed by atoms with van der Waals surface area (Å²) in [4.78, 5) is 0. The third-order valence-electron chi connectivity index (χ3n) is 3.35. The summed E-state index contributed by atoms with van der Waals surface area (Å²) in [6, 6.07) is 5.58. The highest BCUT2D eigenvalue weighted by Crippen LogP contribution is 2.33. The van der Waals surface area contributed by atoms with Gasteiger partial charge in [0.25, 0.3) is 5.82 Å². The van der Waals surface area contributed by atoms with E-state index in [1.807, 2.05) is 0 Å². The number of rotatable bonds is 1. The van der Waals surface area contributed by atoms with E-state index in [9.17, 15) is 26.3 Å². The first-order valence-electron chi connectivity index (χ1n) is 6.55. The van der Waals surface area contributed by atoms with Gasteiger partial charge in [-0.3, -0.25) is 0 Å². The third kappa shape index (κ3) is 2.79. The van der Waals surface area contributed by atoms with Crippen molar-refractivity contribution in [3.8, 4) is 11.3 Å². The minimum Gasteiger partial charge on any atom is -0.188 e. The Morgan fingerprint density at radius 1 is 0.875 bits per heavy atom. The largest absolute Gasteiger partial charge is 0.453 e. The lowest BCUT2D eigenvalue weighted by Gasteiger charge is -2.11. The molecule has 1 aromatic carbocycles. The summed E-state index contributed by atoms with van der Waals surface area (Å²) in [5, 5.41) is 10.2. The van der Waals surface area contributed by atoms with Gasteiger partial charge in [0, 0.05) is 5.56 Å². The Morgan fingerprint density at radius 3 is 2.17 bits per heavy atom. The SMILES string of the molecule is Cc1cc(C(F)(F)F)ccc1-c1ccc2nnc(C(F)(F)F)n2n1. The van der Waals surface area contributed by atoms with E-state index < -0.39 is 23.7 Å². The molecule has 0 aliphatic rings. The summed E-state index contributed by atoms with van der Waals surface area (Å²) in [5.74, 6) is -1.30. The van der Waals surface area contributed by atoms with Crippen molar-refractivity contribution in [2.24, 2.45) is 0 Å². The van der Waals surface area contributed by atoms with Gasteiger partial charge in [0.15, 0.2) is 5.65 Å². The van der Waals surface area contributed by atoms with E-state index in [1.165, 1.54) is 25.1 Å². The molecule has 0 amide bonds. The monoisotopic (exact) mass is 346 g/mol. The Morgan fingerprint density at radius 2 is 1.58 bits per heavy atom. The molecule has 0 N–H and O–H groups in total. The number of aryl methyl sites for hydroxylation is 1. The molecule has 0 fully saturated rings. The van der Waals surface area contributed by atoms with E-state index in [0.717, 1.165) is 12.1 Å². The third-order valence-corrected chi connectivity index (χ3v) is 3.35. The number of nitrogens with zero attached hydrogens (tertiary/aromatic N) is 4. The highest BCUT2D eigenvalue weighted by molar-refractivity contribution is 5.64. The number of hydrogen-bond acceptors (Lipinski definition) is 3. The average Bonchev–Trinajstić information content (AvgIpc) is 2.89. The Bertz CT molecular complexity index is 910. The fraction of sp³-hybridized carbons (Fsp3) is 0.214. The molecule has 2 aromatic heterocycles. The number of fused-ring (bicyclic) bond motifs is 1. The van der Waals surface area contributed by atoms with Gasteiger partial charge in [-0.15, -0.1) is 10.2 Å². The smallest absolute Gasteiger partial charge is 0.188 e. The molecule has 2 heterocycles. The van der Waals surface area contributed by atoms with Crippen LogP contribution >= 0.6 is 0 Å². The first kappa shape index (κ1) is 16.2. The molecule has 0 unspecified atom stereocenters. The maximum absolute atomic E-state index is 12.9. The molecule has 0 atom stereocenters. The quantitative estimate of drug-likeness (QED) is 0.622. The zero-order valence-corrected chi connectivity index (χ0v) is 11.9. The molecule has 3 rings (SSSR count). The van der Waals surface area contributed by atoms with Crippen molar-refractivity contribution in [3.63, 3.8) is 0 Å². The first-order valence-corrected chi connectivity index (χ1v) is 6.55. The molecule has 0 saturated heterocycles. The van der Waals surface area contributed by atoms with Crippen LogP contribution in [0.3, 0.4) is 0 Å². The van der Waals surface area contributed by atoms with E-state index >= 15 is 0 Å². The van der Waals surface area contributed by atoms with Crippen LogP contribution in [0.15, 0.2) is 30.3 Å². The lowest BCUT2D eigenvalue weighted by molar-refractivity contribution is -0.146. The Labute approximate surface area is 130 Å². The average molecular weight is 346 g/mol. The minimum atomic E-state index is -4.75. The number of aromatic nitrogens is 4. The van der Waals surface area contributed by atoms with Crippen molar-refractivity contribution < 1.29 is 26.3 Å². The van der Waals surface area contributed by atoms with E-state index in [1.54, 1.807) is 0 Å². The Hall–Kier alpha value is -2.65. The van der Waals surface area contributed by atoms with Crippen LogP contribution in [0.2, 0.25) is 0 Å². The van der Waals surface area contributed by atoms with Gasteiger partial charge < -0.3 is 0 Å². The van der Waals surface area contributed by atoms with Crippen molar-refractivity contribution >= 4 is 5.65 Å². The molecule has 0 radical (unpaired) electrons. The molecule has 24 heavy (non-hydrogen) atoms. The molecule has 0 spiro atoms. The van der Waals surface area contributed by atoms with E-state index in [2.05, 4.69) is 15.3 Å². The van der Waals surface area contributed by atoms with Gasteiger partial charge in [0.1, 0.15) is 0 Å². The van der Waals surface area contributed by atoms with Crippen LogP contribution in [-0.4, -0.2) is 19.8 Å². The van der Waals surface area contributed by atoms with Crippen molar-refractivity contribution in [3.05, 3.63) is 47.3 Å². The predicted molar refractivity (Wildman–Crippen MR) is 71.0 cm³/mol. The van der Waals surface area contributed by atoms with E-state index in [0.29, 0.717) is 4.52 Å². The predicted octanol–water partition coefficient (Wildman–Crippen LogP) is 4.14. The van der Waals surface area contributed by atoms with Gasteiger partial charge in [0.05, 0.1) is 11.3 Å². The second-order valence-corrected chi connectivity index (χ2v) is 5.04. The molecule has 3 aromatic rings. The molecule has 4 nitrogen and oxygen atoms in total. The van der Waals surface area contributed by atoms with Crippen LogP contribution in [0.5, 0.6) is 0 Å². The molecule has 0 aliphatic carbocycles. The molecule has 126 valence electrons. The summed E-state index contributed by atoms with van der Waals surface area (Å²) in [7, 11) is 0. The van der Waals surface area contributed by atoms with Gasteiger partial charge in [-0.05, 0) is 36.8 Å². The normalized spacial score (nSPS) is 12.8. The van der Waals surface area contributed by atoms with Crippen molar-refractivity contribution in [1.82, 2.24) is 19.8 Å². The van der Waals surface area contributed by atoms with E-state index in [4.69, 9.17) is 0 Å². The number of alkyl halides is 6. The van der Waals surface area contributed by atoms with Crippen molar-refractivity contribution in [2.75, 3.05) is 0 Å². The molecule has 0 saturated carbocycles. The molecule has 10 heteroatoms. The topological polar surface area (TPSA) is 43.1 Å². The molecular weight excluding hydrogens is 338 g/mol. The fourth-order valence-corrected chi connectivity index (χ4v) is 2.24. The highest BCUT2D eigenvalue weighted by atomic mass is 19.4. The number of halogens is 6. The number of benzene rings is 1. The standard InChI is InChI=1S/C14H8F6N4/c1-7-6-8(13(15,16)17)2-3-9(7)10-4-5-11-21-22-12(14(18,19)20)24(11)23-10/h2-6H,1H3. The Balaban J connectivity index is 2.13. The summed E-state index contributed by atoms with van der Waals surface area (Å²) < 4.78 is 77.2. The van der Waals surface area contributed by atoms with Gasteiger partial charge in [-0.2, -0.15) is 36.0 Å². The van der Waals surface area contributed by atoms with Crippen LogP contribution in [0.4, 0.5) is 26.3 Å². The minimum absolute atomic E-state index is 0.0824. The summed E-state index contributed by atoms with van der Waals surface area (Å²) in [5.41, 5.74) is -0.357. The second kappa shape index (κ2) is 5.18. The van der Waals surface area contributed by atoms with Crippen LogP contribution in [0, 0.1) is 6.92 Å². The zero-order chi connectivity index (χ0) is 17.7. The van der Waals surface area contributed by atoms with Crippen LogP contribution in [-0.2, 0) is 12.4 Å². The van der Waals surface area contributed by atoms with Gasteiger partial charge in [-0.25, -0.2) is 0 Å². The summed E-state index contributed by atoms with van der Waals surface area (Å²) in [6.07, 6.45) is -9.25. The van der Waals surface area contributed by atoms with E-state index in [-0.39, 0.29) is 22.5 Å². The van der Waals surface area contributed by atoms with Crippen LogP contribution < -0.4 is 0 Å². The lowest BCUT2D eigenvalue weighted by atomic mass is 10.0. The maximum atomic E-state index is 12.9. The maximum Gasteiger partial charge on any atom is 0.453 e. The van der Waals surface area contributed by atoms with Gasteiger partial charge >= 0.3 is 12.4 Å². The highest BCUT2D eigenvalue weighted by Gasteiger charge is 2.37. The van der Waals surface area contributed by atoms with Gasteiger partial charge in [0.2, 0.25) is 0 Å². The molecule has 0 aliphatic heterocycles. The molecule has 0 bridgehead atoms. The van der Waals surface area contributed by atoms with Crippen LogP contribution in [0.25, 0.3) is 16.9 Å². The summed E-state index contributed by atoms with van der Waals surface area (Å²) in [6.45, 7) is 1.42. The fourth-order valence-electron chi connectivity index (χ4n) is 2.24. The second-order valence-electron chi connectivity index (χ2n) is 5.04. The van der Waals surface area contributed by atoms with Crippen molar-refractivity contribution in [1.29, 1.82) is 0 Å². The number of hydrogen-bond donors (Lipinski definition) is 0. The van der Waals surface area contributed by atoms with Crippen LogP contribution in [0.1, 0.15) is 17.0 Å². The Kier molecular flexibility index (Phi) is 3.50. The molecular formula is C14H8F6N4.